The molecule has 88 valence electrons. The average Bonchev–Trinajstić information content (AvgIpc) is 2.35. The van der Waals surface area contributed by atoms with Crippen LogP contribution in [0.2, 0.25) is 0 Å². The first-order valence-electron chi connectivity index (χ1n) is 5.22. The van der Waals surface area contributed by atoms with E-state index in [-0.39, 0.29) is 0 Å². The summed E-state index contributed by atoms with van der Waals surface area (Å²) >= 11 is 5.85. The highest BCUT2D eigenvalue weighted by Crippen LogP contribution is 2.26. The fourth-order valence-corrected chi connectivity index (χ4v) is 1.67. The van der Waals surface area contributed by atoms with Gasteiger partial charge in [-0.3, -0.25) is 0 Å². The van der Waals surface area contributed by atoms with E-state index in [1.165, 1.54) is 5.57 Å². The van der Waals surface area contributed by atoms with E-state index < -0.39 is 0 Å². The summed E-state index contributed by atoms with van der Waals surface area (Å²) in [5.41, 5.74) is 2.17. The summed E-state index contributed by atoms with van der Waals surface area (Å²) in [4.78, 5) is 0. The van der Waals surface area contributed by atoms with Gasteiger partial charge in [-0.1, -0.05) is 18.6 Å². The molecule has 2 nitrogen and oxygen atoms in total. The molecule has 1 aromatic rings. The lowest BCUT2D eigenvalue weighted by Gasteiger charge is -2.08. The van der Waals surface area contributed by atoms with E-state index in [1.54, 1.807) is 14.2 Å². The molecule has 0 heterocycles. The van der Waals surface area contributed by atoms with Crippen LogP contribution in [0.5, 0.6) is 11.5 Å². The summed E-state index contributed by atoms with van der Waals surface area (Å²) in [6, 6.07) is 5.72. The molecule has 0 radical (unpaired) electrons. The van der Waals surface area contributed by atoms with Gasteiger partial charge in [0.25, 0.3) is 0 Å². The smallest absolute Gasteiger partial charge is 0.126 e. The molecule has 1 aromatic carbocycles. The molecule has 0 amide bonds. The molecule has 0 saturated heterocycles. The third-order valence-electron chi connectivity index (χ3n) is 2.42. The number of rotatable bonds is 5. The molecular weight excluding hydrogens is 224 g/mol. The lowest BCUT2D eigenvalue weighted by Crippen LogP contribution is -1.91. The van der Waals surface area contributed by atoms with Crippen LogP contribution >= 0.6 is 11.6 Å². The lowest BCUT2D eigenvalue weighted by molar-refractivity contribution is 0.402. The number of allylic oxidation sites excluding steroid dienone is 1. The molecule has 0 atom stereocenters. The second-order valence-corrected chi connectivity index (χ2v) is 3.66. The minimum Gasteiger partial charge on any atom is -0.497 e. The molecule has 0 N–H and O–H groups in total. The SMILES string of the molecule is CCC(=Cc1cc(OC)ccc1OC)CCl. The maximum absolute atomic E-state index is 5.85. The molecule has 0 spiro atoms. The predicted octanol–water partition coefficient (Wildman–Crippen LogP) is 3.74. The van der Waals surface area contributed by atoms with Crippen LogP contribution < -0.4 is 9.47 Å². The molecule has 3 heteroatoms. The Morgan fingerprint density at radius 2 is 2.06 bits per heavy atom. The molecule has 0 bridgehead atoms. The average molecular weight is 241 g/mol. The summed E-state index contributed by atoms with van der Waals surface area (Å²) in [5, 5.41) is 0. The standard InChI is InChI=1S/C13H17ClO2/c1-4-10(9-14)7-11-8-12(15-2)5-6-13(11)16-3/h5-8H,4,9H2,1-3H3. The largest absolute Gasteiger partial charge is 0.497 e. The van der Waals surface area contributed by atoms with Gasteiger partial charge in [0.05, 0.1) is 14.2 Å². The third-order valence-corrected chi connectivity index (χ3v) is 2.77. The minimum atomic E-state index is 0.539. The van der Waals surface area contributed by atoms with E-state index in [0.29, 0.717) is 5.88 Å². The van der Waals surface area contributed by atoms with Gasteiger partial charge in [-0.15, -0.1) is 11.6 Å². The van der Waals surface area contributed by atoms with Gasteiger partial charge in [-0.05, 0) is 24.6 Å². The van der Waals surface area contributed by atoms with Crippen molar-refractivity contribution >= 4 is 17.7 Å². The molecule has 0 aliphatic rings. The molecule has 0 fully saturated rings. The first-order valence-corrected chi connectivity index (χ1v) is 5.76. The van der Waals surface area contributed by atoms with Gasteiger partial charge >= 0.3 is 0 Å². The van der Waals surface area contributed by atoms with Gasteiger partial charge in [0, 0.05) is 11.4 Å². The van der Waals surface area contributed by atoms with Gasteiger partial charge in [-0.2, -0.15) is 0 Å². The van der Waals surface area contributed by atoms with E-state index in [0.717, 1.165) is 23.5 Å². The van der Waals surface area contributed by atoms with Crippen LogP contribution in [-0.4, -0.2) is 20.1 Å². The highest BCUT2D eigenvalue weighted by molar-refractivity contribution is 6.19. The van der Waals surface area contributed by atoms with Crippen LogP contribution in [0, 0.1) is 0 Å². The highest BCUT2D eigenvalue weighted by Gasteiger charge is 2.03. The van der Waals surface area contributed by atoms with Gasteiger partial charge < -0.3 is 9.47 Å². The monoisotopic (exact) mass is 240 g/mol. The van der Waals surface area contributed by atoms with Crippen LogP contribution in [0.3, 0.4) is 0 Å². The van der Waals surface area contributed by atoms with Gasteiger partial charge in [0.15, 0.2) is 0 Å². The van der Waals surface area contributed by atoms with Crippen molar-refractivity contribution in [2.75, 3.05) is 20.1 Å². The molecule has 0 aliphatic heterocycles. The molecule has 16 heavy (non-hydrogen) atoms. The Hall–Kier alpha value is -1.15. The fourth-order valence-electron chi connectivity index (χ4n) is 1.41. The number of methoxy groups -OCH3 is 2. The van der Waals surface area contributed by atoms with E-state index in [2.05, 4.69) is 6.92 Å². The Kier molecular flexibility index (Phi) is 5.20. The zero-order valence-corrected chi connectivity index (χ0v) is 10.7. The first-order chi connectivity index (χ1) is 7.74. The van der Waals surface area contributed by atoms with Crippen LogP contribution in [0.4, 0.5) is 0 Å². The summed E-state index contributed by atoms with van der Waals surface area (Å²) in [7, 11) is 3.31. The number of hydrogen-bond acceptors (Lipinski definition) is 2. The van der Waals surface area contributed by atoms with Crippen molar-refractivity contribution in [3.8, 4) is 11.5 Å². The fraction of sp³-hybridized carbons (Fsp3) is 0.385. The Bertz CT molecular complexity index is 366. The summed E-state index contributed by atoms with van der Waals surface area (Å²) in [6.07, 6.45) is 2.98. The normalized spacial score (nSPS) is 11.4. The molecule has 0 aromatic heterocycles. The predicted molar refractivity (Wildman–Crippen MR) is 68.5 cm³/mol. The molecule has 0 aliphatic carbocycles. The minimum absolute atomic E-state index is 0.539. The number of halogens is 1. The molecule has 0 unspecified atom stereocenters. The van der Waals surface area contributed by atoms with Crippen molar-refractivity contribution in [3.63, 3.8) is 0 Å². The molecular formula is C13H17ClO2. The van der Waals surface area contributed by atoms with Crippen LogP contribution in [0.1, 0.15) is 18.9 Å². The van der Waals surface area contributed by atoms with E-state index in [4.69, 9.17) is 21.1 Å². The van der Waals surface area contributed by atoms with E-state index >= 15 is 0 Å². The Morgan fingerprint density at radius 1 is 1.31 bits per heavy atom. The van der Waals surface area contributed by atoms with Crippen molar-refractivity contribution < 1.29 is 9.47 Å². The topological polar surface area (TPSA) is 18.5 Å². The maximum atomic E-state index is 5.85. The van der Waals surface area contributed by atoms with E-state index in [9.17, 15) is 0 Å². The summed E-state index contributed by atoms with van der Waals surface area (Å²) in [5.74, 6) is 2.19. The van der Waals surface area contributed by atoms with Crippen LogP contribution in [0.25, 0.3) is 6.08 Å². The highest BCUT2D eigenvalue weighted by atomic mass is 35.5. The van der Waals surface area contributed by atoms with Crippen molar-refractivity contribution in [1.82, 2.24) is 0 Å². The summed E-state index contributed by atoms with van der Waals surface area (Å²) in [6.45, 7) is 2.08. The van der Waals surface area contributed by atoms with Crippen molar-refractivity contribution in [2.24, 2.45) is 0 Å². The quantitative estimate of drug-likeness (QED) is 0.730. The van der Waals surface area contributed by atoms with Gasteiger partial charge in [0.2, 0.25) is 0 Å². The van der Waals surface area contributed by atoms with Crippen LogP contribution in [0.15, 0.2) is 23.8 Å². The lowest BCUT2D eigenvalue weighted by atomic mass is 10.1. The Balaban J connectivity index is 3.13. The van der Waals surface area contributed by atoms with Gasteiger partial charge in [-0.25, -0.2) is 0 Å². The maximum Gasteiger partial charge on any atom is 0.126 e. The van der Waals surface area contributed by atoms with Crippen molar-refractivity contribution in [1.29, 1.82) is 0 Å². The Morgan fingerprint density at radius 3 is 2.56 bits per heavy atom. The van der Waals surface area contributed by atoms with E-state index in [1.807, 2.05) is 24.3 Å². The first kappa shape index (κ1) is 12.9. The zero-order valence-electron chi connectivity index (χ0n) is 9.92. The number of benzene rings is 1. The van der Waals surface area contributed by atoms with Gasteiger partial charge in [0.1, 0.15) is 11.5 Å². The number of ether oxygens (including phenoxy) is 2. The second-order valence-electron chi connectivity index (χ2n) is 3.40. The van der Waals surface area contributed by atoms with Crippen LogP contribution in [-0.2, 0) is 0 Å². The Labute approximate surface area is 102 Å². The zero-order chi connectivity index (χ0) is 12.0. The number of hydrogen-bond donors (Lipinski definition) is 0. The number of alkyl halides is 1. The molecule has 0 saturated carbocycles. The second kappa shape index (κ2) is 6.44. The van der Waals surface area contributed by atoms with Crippen molar-refractivity contribution in [2.45, 2.75) is 13.3 Å². The third kappa shape index (κ3) is 3.17. The molecule has 1 rings (SSSR count). The summed E-state index contributed by atoms with van der Waals surface area (Å²) < 4.78 is 10.5. The van der Waals surface area contributed by atoms with Crippen molar-refractivity contribution in [3.05, 3.63) is 29.3 Å².